The molecule has 0 saturated carbocycles. The Kier molecular flexibility index (Phi) is 3.49. The molecule has 0 unspecified atom stereocenters. The van der Waals surface area contributed by atoms with Gasteiger partial charge in [-0.05, 0) is 12.1 Å². The Morgan fingerprint density at radius 2 is 2.40 bits per heavy atom. The van der Waals surface area contributed by atoms with Crippen molar-refractivity contribution in [2.24, 2.45) is 5.73 Å². The van der Waals surface area contributed by atoms with E-state index in [0.29, 0.717) is 4.88 Å². The molecule has 1 aromatic rings. The molecule has 0 aromatic carbocycles. The molecule has 1 aromatic heterocycles. The van der Waals surface area contributed by atoms with Crippen LogP contribution in [0.3, 0.4) is 0 Å². The van der Waals surface area contributed by atoms with Gasteiger partial charge in [-0.3, -0.25) is 10.1 Å². The summed E-state index contributed by atoms with van der Waals surface area (Å²) in [7, 11) is 0. The largest absolute Gasteiger partial charge is 0.389 e. The van der Waals surface area contributed by atoms with Crippen LogP contribution in [0.4, 0.5) is 5.00 Å². The molecule has 5 nitrogen and oxygen atoms in total. The first-order chi connectivity index (χ1) is 7.04. The van der Waals surface area contributed by atoms with E-state index < -0.39 is 4.92 Å². The number of thiophene rings is 1. The third-order valence-corrected chi connectivity index (χ3v) is 2.67. The fourth-order valence-corrected chi connectivity index (χ4v) is 1.69. The highest BCUT2D eigenvalue weighted by atomic mass is 32.1. The Hall–Kier alpha value is -1.78. The number of nitro groups is 1. The standard InChI is InChI=1S/C8H5N3O2S2/c9-4-5(8(10)14)3-6-1-2-7(15-6)11(12)13/h1-3H,(H2,10,14)/b5-3-. The van der Waals surface area contributed by atoms with Gasteiger partial charge >= 0.3 is 5.00 Å². The average Bonchev–Trinajstić information content (AvgIpc) is 2.61. The number of thiocarbonyl (C=S) groups is 1. The number of nitrogens with two attached hydrogens (primary N) is 1. The van der Waals surface area contributed by atoms with Crippen molar-refractivity contribution in [2.45, 2.75) is 0 Å². The fraction of sp³-hybridized carbons (Fsp3) is 0. The van der Waals surface area contributed by atoms with Gasteiger partial charge in [0.05, 0.1) is 10.5 Å². The third kappa shape index (κ3) is 2.83. The Bertz CT molecular complexity index is 484. The summed E-state index contributed by atoms with van der Waals surface area (Å²) >= 11 is 5.59. The van der Waals surface area contributed by atoms with Crippen LogP contribution < -0.4 is 5.73 Å². The molecule has 1 heterocycles. The second-order valence-corrected chi connectivity index (χ2v) is 4.00. The third-order valence-electron chi connectivity index (χ3n) is 1.47. The molecule has 0 aliphatic heterocycles. The minimum Gasteiger partial charge on any atom is -0.389 e. The Morgan fingerprint density at radius 1 is 1.73 bits per heavy atom. The Morgan fingerprint density at radius 3 is 2.80 bits per heavy atom. The van der Waals surface area contributed by atoms with Crippen molar-refractivity contribution in [3.05, 3.63) is 32.7 Å². The van der Waals surface area contributed by atoms with Gasteiger partial charge in [-0.2, -0.15) is 5.26 Å². The highest BCUT2D eigenvalue weighted by molar-refractivity contribution is 7.80. The number of nitrogens with zero attached hydrogens (tertiary/aromatic N) is 2. The molecule has 0 amide bonds. The van der Waals surface area contributed by atoms with E-state index in [1.165, 1.54) is 12.1 Å². The summed E-state index contributed by atoms with van der Waals surface area (Å²) in [6.45, 7) is 0. The number of hydrogen-bond donors (Lipinski definition) is 1. The maximum atomic E-state index is 10.4. The lowest BCUT2D eigenvalue weighted by Crippen LogP contribution is -2.09. The van der Waals surface area contributed by atoms with Crippen LogP contribution in [0.25, 0.3) is 6.08 Å². The maximum Gasteiger partial charge on any atom is 0.324 e. The molecule has 2 N–H and O–H groups in total. The summed E-state index contributed by atoms with van der Waals surface area (Å²) in [5.41, 5.74) is 5.41. The quantitative estimate of drug-likeness (QED) is 0.285. The maximum absolute atomic E-state index is 10.4. The van der Waals surface area contributed by atoms with Gasteiger partial charge in [-0.15, -0.1) is 0 Å². The molecule has 7 heteroatoms. The van der Waals surface area contributed by atoms with E-state index in [1.807, 2.05) is 6.07 Å². The van der Waals surface area contributed by atoms with Crippen LogP contribution in [0.5, 0.6) is 0 Å². The van der Waals surface area contributed by atoms with Gasteiger partial charge < -0.3 is 5.73 Å². The molecule has 0 aliphatic carbocycles. The molecule has 0 aliphatic rings. The van der Waals surface area contributed by atoms with Crippen molar-refractivity contribution in [1.82, 2.24) is 0 Å². The summed E-state index contributed by atoms with van der Waals surface area (Å²) < 4.78 is 0. The van der Waals surface area contributed by atoms with Crippen LogP contribution in [0, 0.1) is 21.4 Å². The molecule has 0 saturated heterocycles. The summed E-state index contributed by atoms with van der Waals surface area (Å²) in [4.78, 5) is 10.4. The average molecular weight is 239 g/mol. The lowest BCUT2D eigenvalue weighted by molar-refractivity contribution is -0.380. The van der Waals surface area contributed by atoms with E-state index in [9.17, 15) is 10.1 Å². The van der Waals surface area contributed by atoms with Crippen molar-refractivity contribution in [3.63, 3.8) is 0 Å². The predicted molar refractivity (Wildman–Crippen MR) is 61.3 cm³/mol. The SMILES string of the molecule is N#C/C(=C/c1ccc([N+](=O)[O-])s1)C(N)=S. The summed E-state index contributed by atoms with van der Waals surface area (Å²) in [5.74, 6) is 0. The lowest BCUT2D eigenvalue weighted by Gasteiger charge is -1.90. The van der Waals surface area contributed by atoms with E-state index in [0.717, 1.165) is 11.3 Å². The van der Waals surface area contributed by atoms with Gasteiger partial charge in [-0.1, -0.05) is 23.6 Å². The van der Waals surface area contributed by atoms with Crippen molar-refractivity contribution in [2.75, 3.05) is 0 Å². The van der Waals surface area contributed by atoms with Crippen molar-refractivity contribution in [1.29, 1.82) is 5.26 Å². The summed E-state index contributed by atoms with van der Waals surface area (Å²) in [5, 5.41) is 19.1. The number of nitriles is 1. The van der Waals surface area contributed by atoms with E-state index in [4.69, 9.17) is 11.0 Å². The van der Waals surface area contributed by atoms with E-state index in [2.05, 4.69) is 12.2 Å². The normalized spacial score (nSPS) is 10.7. The molecule has 1 rings (SSSR count). The monoisotopic (exact) mass is 239 g/mol. The molecular formula is C8H5N3O2S2. The van der Waals surface area contributed by atoms with Crippen molar-refractivity contribution >= 4 is 39.6 Å². The lowest BCUT2D eigenvalue weighted by atomic mass is 10.2. The van der Waals surface area contributed by atoms with Crippen molar-refractivity contribution in [3.8, 4) is 6.07 Å². The second kappa shape index (κ2) is 4.63. The van der Waals surface area contributed by atoms with Crippen LogP contribution in [-0.4, -0.2) is 9.91 Å². The fourth-order valence-electron chi connectivity index (χ4n) is 0.819. The van der Waals surface area contributed by atoms with E-state index in [-0.39, 0.29) is 15.6 Å². The first-order valence-corrected chi connectivity index (χ1v) is 4.93. The zero-order valence-electron chi connectivity index (χ0n) is 7.34. The van der Waals surface area contributed by atoms with Gasteiger partial charge in [0, 0.05) is 10.9 Å². The molecule has 76 valence electrons. The highest BCUT2D eigenvalue weighted by Crippen LogP contribution is 2.25. The highest BCUT2D eigenvalue weighted by Gasteiger charge is 2.09. The molecule has 0 bridgehead atoms. The molecule has 0 atom stereocenters. The summed E-state index contributed by atoms with van der Waals surface area (Å²) in [6, 6.07) is 4.73. The molecule has 0 fully saturated rings. The van der Waals surface area contributed by atoms with Gasteiger partial charge in [-0.25, -0.2) is 0 Å². The molecular weight excluding hydrogens is 234 g/mol. The van der Waals surface area contributed by atoms with E-state index >= 15 is 0 Å². The van der Waals surface area contributed by atoms with Crippen LogP contribution in [0.2, 0.25) is 0 Å². The van der Waals surface area contributed by atoms with Gasteiger partial charge in [0.15, 0.2) is 0 Å². The van der Waals surface area contributed by atoms with Gasteiger partial charge in [0.25, 0.3) is 0 Å². The molecule has 0 spiro atoms. The predicted octanol–water partition coefficient (Wildman–Crippen LogP) is 1.85. The van der Waals surface area contributed by atoms with Crippen LogP contribution in [-0.2, 0) is 0 Å². The number of rotatable bonds is 3. The molecule has 0 radical (unpaired) electrons. The first-order valence-electron chi connectivity index (χ1n) is 3.70. The Labute approximate surface area is 94.6 Å². The zero-order valence-corrected chi connectivity index (χ0v) is 8.97. The second-order valence-electron chi connectivity index (χ2n) is 2.47. The van der Waals surface area contributed by atoms with E-state index in [1.54, 1.807) is 6.07 Å². The molecule has 15 heavy (non-hydrogen) atoms. The van der Waals surface area contributed by atoms with Crippen LogP contribution in [0.1, 0.15) is 4.88 Å². The Balaban J connectivity index is 3.04. The smallest absolute Gasteiger partial charge is 0.324 e. The number of hydrogen-bond acceptors (Lipinski definition) is 5. The first kappa shape index (κ1) is 11.3. The minimum absolute atomic E-state index is 0.0153. The van der Waals surface area contributed by atoms with Crippen LogP contribution in [0.15, 0.2) is 17.7 Å². The summed E-state index contributed by atoms with van der Waals surface area (Å²) in [6.07, 6.45) is 1.43. The van der Waals surface area contributed by atoms with Gasteiger partial charge in [0.2, 0.25) is 0 Å². The van der Waals surface area contributed by atoms with Gasteiger partial charge in [0.1, 0.15) is 11.1 Å². The van der Waals surface area contributed by atoms with Crippen LogP contribution >= 0.6 is 23.6 Å². The van der Waals surface area contributed by atoms with Crippen molar-refractivity contribution < 1.29 is 4.92 Å². The minimum atomic E-state index is -0.491. The zero-order chi connectivity index (χ0) is 11.4. The topological polar surface area (TPSA) is 92.9 Å².